The van der Waals surface area contributed by atoms with Gasteiger partial charge < -0.3 is 15.2 Å². The van der Waals surface area contributed by atoms with Gasteiger partial charge in [-0.3, -0.25) is 4.79 Å². The van der Waals surface area contributed by atoms with Gasteiger partial charge in [0.25, 0.3) is 0 Å². The molecule has 2 aromatic rings. The first-order chi connectivity index (χ1) is 15.9. The predicted molar refractivity (Wildman–Crippen MR) is 112 cm³/mol. The van der Waals surface area contributed by atoms with Crippen LogP contribution < -0.4 is 10.1 Å². The second kappa shape index (κ2) is 9.28. The van der Waals surface area contributed by atoms with E-state index in [4.69, 9.17) is 9.84 Å². The average Bonchev–Trinajstić information content (AvgIpc) is 2.70. The molecule has 10 heteroatoms. The van der Waals surface area contributed by atoms with Crippen molar-refractivity contribution in [1.82, 2.24) is 5.32 Å². The zero-order valence-corrected chi connectivity index (χ0v) is 18.2. The summed E-state index contributed by atoms with van der Waals surface area (Å²) in [5, 5.41) is 12.5. The number of alkyl halides is 6. The minimum atomic E-state index is -4.72. The molecular weight excluding hydrogens is 464 g/mol. The number of carboxylic acid groups (broad SMARTS) is 1. The molecule has 0 aromatic heterocycles. The van der Waals surface area contributed by atoms with Crippen LogP contribution in [0.1, 0.15) is 49.7 Å². The third-order valence-corrected chi connectivity index (χ3v) is 6.84. The Morgan fingerprint density at radius 2 is 1.65 bits per heavy atom. The molecule has 2 aliphatic carbocycles. The van der Waals surface area contributed by atoms with Crippen molar-refractivity contribution in [1.29, 1.82) is 0 Å². The molecule has 0 bridgehead atoms. The van der Waals surface area contributed by atoms with Crippen molar-refractivity contribution in [3.8, 4) is 5.75 Å². The Morgan fingerprint density at radius 1 is 1.00 bits per heavy atom. The van der Waals surface area contributed by atoms with Crippen molar-refractivity contribution in [2.45, 2.75) is 69.6 Å². The smallest absolute Gasteiger partial charge is 0.420 e. The summed E-state index contributed by atoms with van der Waals surface area (Å²) in [5.74, 6) is -3.05. The maximum Gasteiger partial charge on any atom is 0.420 e. The quantitative estimate of drug-likeness (QED) is 0.467. The highest BCUT2D eigenvalue weighted by atomic mass is 19.4. The van der Waals surface area contributed by atoms with Crippen molar-refractivity contribution in [3.63, 3.8) is 0 Å². The van der Waals surface area contributed by atoms with E-state index in [0.29, 0.717) is 23.8 Å². The van der Waals surface area contributed by atoms with Crippen LogP contribution in [-0.4, -0.2) is 29.4 Å². The number of carboxylic acids is 1. The van der Waals surface area contributed by atoms with Crippen molar-refractivity contribution < 1.29 is 41.0 Å². The summed E-state index contributed by atoms with van der Waals surface area (Å²) in [6.45, 7) is 0.288. The summed E-state index contributed by atoms with van der Waals surface area (Å²) in [7, 11) is 0. The Labute approximate surface area is 192 Å². The fraction of sp³-hybridized carbons (Fsp3) is 0.542. The third kappa shape index (κ3) is 5.42. The molecule has 186 valence electrons. The number of rotatable bonds is 6. The van der Waals surface area contributed by atoms with Gasteiger partial charge in [0.1, 0.15) is 11.3 Å². The normalized spacial score (nSPS) is 25.7. The molecule has 4 rings (SSSR count). The summed E-state index contributed by atoms with van der Waals surface area (Å²) in [6.07, 6.45) is -9.01. The molecule has 2 aliphatic rings. The van der Waals surface area contributed by atoms with Crippen LogP contribution in [0.15, 0.2) is 30.3 Å². The number of ether oxygens (including phenoxy) is 1. The lowest BCUT2D eigenvalue weighted by Crippen LogP contribution is -2.43. The summed E-state index contributed by atoms with van der Waals surface area (Å²) in [6, 6.07) is 7.48. The van der Waals surface area contributed by atoms with Gasteiger partial charge in [0.2, 0.25) is 0 Å². The highest BCUT2D eigenvalue weighted by Gasteiger charge is 2.43. The van der Waals surface area contributed by atoms with Gasteiger partial charge in [-0.15, -0.1) is 0 Å². The monoisotopic (exact) mass is 489 g/mol. The van der Waals surface area contributed by atoms with Crippen LogP contribution in [0, 0.1) is 11.8 Å². The Balaban J connectivity index is 1.51. The zero-order chi connectivity index (χ0) is 24.7. The predicted octanol–water partition coefficient (Wildman–Crippen LogP) is 6.31. The van der Waals surface area contributed by atoms with E-state index in [2.05, 4.69) is 5.32 Å². The van der Waals surface area contributed by atoms with Gasteiger partial charge in [0.05, 0.1) is 17.9 Å². The minimum absolute atomic E-state index is 0.000349. The summed E-state index contributed by atoms with van der Waals surface area (Å²) >= 11 is 0. The molecule has 0 radical (unpaired) electrons. The molecule has 2 saturated carbocycles. The van der Waals surface area contributed by atoms with Crippen LogP contribution in [-0.2, 0) is 17.5 Å². The highest BCUT2D eigenvalue weighted by Crippen LogP contribution is 2.44. The van der Waals surface area contributed by atoms with Crippen LogP contribution in [0.5, 0.6) is 5.75 Å². The van der Waals surface area contributed by atoms with Gasteiger partial charge in [-0.25, -0.2) is 0 Å². The van der Waals surface area contributed by atoms with Crippen molar-refractivity contribution in [2.24, 2.45) is 11.8 Å². The molecule has 2 N–H and O–H groups in total. The maximum atomic E-state index is 14.1. The van der Waals surface area contributed by atoms with E-state index in [1.54, 1.807) is 12.1 Å². The molecule has 2 aromatic carbocycles. The number of carbonyl (C=O) groups is 1. The summed E-state index contributed by atoms with van der Waals surface area (Å²) in [5.41, 5.74) is -0.320. The molecular formula is C24H25F6NO3. The lowest BCUT2D eigenvalue weighted by Gasteiger charge is -2.33. The van der Waals surface area contributed by atoms with E-state index in [-0.39, 0.29) is 49.4 Å². The van der Waals surface area contributed by atoms with Crippen LogP contribution >= 0.6 is 0 Å². The number of fused-ring (bicyclic) bond motifs is 1. The van der Waals surface area contributed by atoms with Crippen molar-refractivity contribution in [3.05, 3.63) is 41.5 Å². The molecule has 0 unspecified atom stereocenters. The number of benzene rings is 2. The molecule has 0 aliphatic heterocycles. The molecule has 0 atom stereocenters. The van der Waals surface area contributed by atoms with Crippen molar-refractivity contribution in [2.75, 3.05) is 0 Å². The molecule has 4 nitrogen and oxygen atoms in total. The Hall–Kier alpha value is -2.49. The maximum absolute atomic E-state index is 14.1. The highest BCUT2D eigenvalue weighted by molar-refractivity contribution is 5.89. The van der Waals surface area contributed by atoms with E-state index in [9.17, 15) is 31.1 Å². The largest absolute Gasteiger partial charge is 0.490 e. The zero-order valence-electron chi connectivity index (χ0n) is 18.2. The topological polar surface area (TPSA) is 58.6 Å². The van der Waals surface area contributed by atoms with Crippen molar-refractivity contribution >= 4 is 16.7 Å². The average molecular weight is 489 g/mol. The Kier molecular flexibility index (Phi) is 6.72. The fourth-order valence-electron chi connectivity index (χ4n) is 4.78. The van der Waals surface area contributed by atoms with E-state index < -0.39 is 41.8 Å². The number of halogens is 6. The number of hydrogen-bond donors (Lipinski definition) is 2. The van der Waals surface area contributed by atoms with Crippen LogP contribution in [0.3, 0.4) is 0 Å². The second-order valence-electron chi connectivity index (χ2n) is 9.21. The molecule has 0 saturated heterocycles. The van der Waals surface area contributed by atoms with Crippen LogP contribution in [0.2, 0.25) is 0 Å². The number of aliphatic carboxylic acids is 1. The Morgan fingerprint density at radius 3 is 2.24 bits per heavy atom. The van der Waals surface area contributed by atoms with Gasteiger partial charge >= 0.3 is 18.3 Å². The lowest BCUT2D eigenvalue weighted by atomic mass is 9.80. The first kappa shape index (κ1) is 24.6. The molecule has 34 heavy (non-hydrogen) atoms. The second-order valence-corrected chi connectivity index (χ2v) is 9.21. The van der Waals surface area contributed by atoms with E-state index in [1.165, 1.54) is 18.2 Å². The van der Waals surface area contributed by atoms with E-state index in [0.717, 1.165) is 0 Å². The first-order valence-corrected chi connectivity index (χ1v) is 11.2. The van der Waals surface area contributed by atoms with Gasteiger partial charge in [-0.1, -0.05) is 18.2 Å². The fourth-order valence-corrected chi connectivity index (χ4v) is 4.78. The van der Waals surface area contributed by atoms with Crippen LogP contribution in [0.4, 0.5) is 26.3 Å². The molecule has 0 heterocycles. The standard InChI is InChI=1S/C24H25F6NO3/c25-23(26,27)16-4-6-18(7-5-16)34-20-8-3-14-2-1-13(9-19(14)21(20)24(28,29)30)12-31-17-10-15(11-17)22(32)33/h1-3,8-9,15-18,31H,4-7,10-12H2,(H,32,33). The minimum Gasteiger partial charge on any atom is -0.490 e. The molecule has 2 fully saturated rings. The first-order valence-electron chi connectivity index (χ1n) is 11.2. The van der Waals surface area contributed by atoms with Crippen LogP contribution in [0.25, 0.3) is 10.8 Å². The van der Waals surface area contributed by atoms with E-state index in [1.807, 2.05) is 0 Å². The number of nitrogens with one attached hydrogen (secondary N) is 1. The van der Waals surface area contributed by atoms with Gasteiger partial charge in [-0.2, -0.15) is 26.3 Å². The third-order valence-electron chi connectivity index (χ3n) is 6.84. The SMILES string of the molecule is O=C(O)C1CC(NCc2ccc3ccc(OC4CCC(C(F)(F)F)CC4)c(C(F)(F)F)c3c2)C1. The summed E-state index contributed by atoms with van der Waals surface area (Å²) in [4.78, 5) is 10.9. The lowest BCUT2D eigenvalue weighted by molar-refractivity contribution is -0.185. The van der Waals surface area contributed by atoms with Gasteiger partial charge in [0.15, 0.2) is 0 Å². The Bertz CT molecular complexity index is 1040. The summed E-state index contributed by atoms with van der Waals surface area (Å²) < 4.78 is 86.6. The number of hydrogen-bond acceptors (Lipinski definition) is 3. The van der Waals surface area contributed by atoms with Gasteiger partial charge in [0, 0.05) is 12.6 Å². The van der Waals surface area contributed by atoms with Gasteiger partial charge in [-0.05, 0) is 67.0 Å². The molecule has 0 spiro atoms. The van der Waals surface area contributed by atoms with E-state index >= 15 is 0 Å². The molecule has 0 amide bonds.